The maximum atomic E-state index is 2.56. The van der Waals surface area contributed by atoms with Crippen LogP contribution in [0.5, 0.6) is 0 Å². The van der Waals surface area contributed by atoms with Crippen LogP contribution >= 0.6 is 0 Å². The zero-order chi connectivity index (χ0) is 11.8. The third kappa shape index (κ3) is 1.80. The number of hydrogen-bond acceptors (Lipinski definition) is 0. The first-order valence-electron chi connectivity index (χ1n) is 7.75. The van der Waals surface area contributed by atoms with Crippen molar-refractivity contribution in [1.29, 1.82) is 0 Å². The second-order valence-corrected chi connectivity index (χ2v) is 6.32. The summed E-state index contributed by atoms with van der Waals surface area (Å²) in [7, 11) is 0. The van der Waals surface area contributed by atoms with Crippen LogP contribution < -0.4 is 0 Å². The van der Waals surface area contributed by atoms with Crippen molar-refractivity contribution in [1.82, 2.24) is 0 Å². The monoisotopic (exact) mass is 230 g/mol. The van der Waals surface area contributed by atoms with E-state index in [-0.39, 0.29) is 0 Å². The molecule has 3 aliphatic rings. The van der Waals surface area contributed by atoms with E-state index in [0.717, 1.165) is 17.8 Å². The average molecular weight is 230 g/mol. The van der Waals surface area contributed by atoms with Gasteiger partial charge in [-0.05, 0) is 61.0 Å². The highest BCUT2D eigenvalue weighted by atomic mass is 14.5. The number of unbranched alkanes of at least 4 members (excludes halogenated alkanes) is 1. The van der Waals surface area contributed by atoms with Gasteiger partial charge in [0.15, 0.2) is 0 Å². The Morgan fingerprint density at radius 2 is 2.06 bits per heavy atom. The summed E-state index contributed by atoms with van der Waals surface area (Å²) < 4.78 is 0. The van der Waals surface area contributed by atoms with E-state index in [0.29, 0.717) is 0 Å². The summed E-state index contributed by atoms with van der Waals surface area (Å²) in [5.41, 5.74) is 5.44. The van der Waals surface area contributed by atoms with Crippen LogP contribution in [0.1, 0.15) is 65.2 Å². The SMILES string of the molecule is CCCCC1=CCC2=C1C(C)C1CCCCC21. The van der Waals surface area contributed by atoms with Crippen molar-refractivity contribution in [3.63, 3.8) is 0 Å². The average Bonchev–Trinajstić information content (AvgIpc) is 2.89. The van der Waals surface area contributed by atoms with Gasteiger partial charge in [0.2, 0.25) is 0 Å². The number of allylic oxidation sites excluding steroid dienone is 4. The molecule has 1 fully saturated rings. The van der Waals surface area contributed by atoms with Crippen molar-refractivity contribution >= 4 is 0 Å². The van der Waals surface area contributed by atoms with Gasteiger partial charge in [0.05, 0.1) is 0 Å². The Kier molecular flexibility index (Phi) is 3.15. The number of rotatable bonds is 3. The topological polar surface area (TPSA) is 0 Å². The minimum absolute atomic E-state index is 0.876. The first kappa shape index (κ1) is 11.6. The van der Waals surface area contributed by atoms with Crippen molar-refractivity contribution < 1.29 is 0 Å². The van der Waals surface area contributed by atoms with E-state index in [9.17, 15) is 0 Å². The maximum absolute atomic E-state index is 2.56. The highest BCUT2D eigenvalue weighted by Crippen LogP contribution is 2.55. The maximum Gasteiger partial charge on any atom is -0.0124 e. The Morgan fingerprint density at radius 3 is 2.88 bits per heavy atom. The molecule has 0 N–H and O–H groups in total. The summed E-state index contributed by atoms with van der Waals surface area (Å²) in [6.45, 7) is 4.82. The molecule has 0 heterocycles. The summed E-state index contributed by atoms with van der Waals surface area (Å²) >= 11 is 0. The molecule has 3 aliphatic carbocycles. The van der Waals surface area contributed by atoms with E-state index in [1.165, 1.54) is 51.4 Å². The standard InChI is InChI=1S/C17H26/c1-3-4-7-13-10-11-16-15-9-6-5-8-14(15)12(2)17(13)16/h10,12,14-15H,3-9,11H2,1-2H3. The molecule has 94 valence electrons. The molecular formula is C17H26. The molecule has 0 bridgehead atoms. The molecule has 3 unspecified atom stereocenters. The largest absolute Gasteiger partial charge is 0.0769 e. The normalized spacial score (nSPS) is 35.9. The lowest BCUT2D eigenvalue weighted by Crippen LogP contribution is -2.21. The molecule has 3 atom stereocenters. The molecule has 0 spiro atoms. The summed E-state index contributed by atoms with van der Waals surface area (Å²) in [6, 6.07) is 0. The van der Waals surface area contributed by atoms with Crippen LogP contribution in [0, 0.1) is 17.8 Å². The van der Waals surface area contributed by atoms with Crippen molar-refractivity contribution in [3.05, 3.63) is 22.8 Å². The lowest BCUT2D eigenvalue weighted by atomic mass is 9.74. The molecule has 0 heteroatoms. The fourth-order valence-electron chi connectivity index (χ4n) is 4.60. The van der Waals surface area contributed by atoms with Crippen LogP contribution in [-0.2, 0) is 0 Å². The first-order chi connectivity index (χ1) is 8.33. The Morgan fingerprint density at radius 1 is 1.24 bits per heavy atom. The molecule has 0 nitrogen and oxygen atoms in total. The fourth-order valence-corrected chi connectivity index (χ4v) is 4.60. The van der Waals surface area contributed by atoms with Gasteiger partial charge in [-0.1, -0.05) is 44.8 Å². The van der Waals surface area contributed by atoms with E-state index in [4.69, 9.17) is 0 Å². The van der Waals surface area contributed by atoms with Gasteiger partial charge < -0.3 is 0 Å². The quantitative estimate of drug-likeness (QED) is 0.620. The zero-order valence-electron chi connectivity index (χ0n) is 11.5. The summed E-state index contributed by atoms with van der Waals surface area (Å²) in [6.07, 6.45) is 13.9. The van der Waals surface area contributed by atoms with Crippen LogP contribution in [0.25, 0.3) is 0 Å². The van der Waals surface area contributed by atoms with E-state index in [2.05, 4.69) is 19.9 Å². The van der Waals surface area contributed by atoms with Crippen molar-refractivity contribution in [3.8, 4) is 0 Å². The fraction of sp³-hybridized carbons (Fsp3) is 0.765. The molecule has 0 radical (unpaired) electrons. The summed E-state index contributed by atoms with van der Waals surface area (Å²) in [5.74, 6) is 2.86. The van der Waals surface area contributed by atoms with E-state index < -0.39 is 0 Å². The highest BCUT2D eigenvalue weighted by Gasteiger charge is 2.42. The summed E-state index contributed by atoms with van der Waals surface area (Å²) in [4.78, 5) is 0. The zero-order valence-corrected chi connectivity index (χ0v) is 11.5. The Bertz CT molecular complexity index is 358. The molecule has 0 aromatic carbocycles. The molecule has 3 rings (SSSR count). The molecule has 1 saturated carbocycles. The first-order valence-corrected chi connectivity index (χ1v) is 7.75. The molecule has 17 heavy (non-hydrogen) atoms. The van der Waals surface area contributed by atoms with Gasteiger partial charge >= 0.3 is 0 Å². The Balaban J connectivity index is 1.81. The number of fused-ring (bicyclic) bond motifs is 2. The van der Waals surface area contributed by atoms with Crippen LogP contribution in [-0.4, -0.2) is 0 Å². The predicted molar refractivity (Wildman–Crippen MR) is 73.9 cm³/mol. The van der Waals surface area contributed by atoms with Crippen LogP contribution in [0.4, 0.5) is 0 Å². The third-order valence-electron chi connectivity index (χ3n) is 5.42. The van der Waals surface area contributed by atoms with Crippen LogP contribution in [0.15, 0.2) is 22.8 Å². The van der Waals surface area contributed by atoms with Gasteiger partial charge in [-0.3, -0.25) is 0 Å². The minimum atomic E-state index is 0.876. The van der Waals surface area contributed by atoms with Gasteiger partial charge in [0.1, 0.15) is 0 Å². The van der Waals surface area contributed by atoms with Gasteiger partial charge in [0, 0.05) is 0 Å². The second kappa shape index (κ2) is 4.63. The van der Waals surface area contributed by atoms with Gasteiger partial charge in [0.25, 0.3) is 0 Å². The Labute approximate surface area is 106 Å². The van der Waals surface area contributed by atoms with Crippen molar-refractivity contribution in [2.24, 2.45) is 17.8 Å². The third-order valence-corrected chi connectivity index (χ3v) is 5.42. The van der Waals surface area contributed by atoms with E-state index >= 15 is 0 Å². The Hall–Kier alpha value is -0.520. The number of hydrogen-bond donors (Lipinski definition) is 0. The smallest absolute Gasteiger partial charge is 0.0124 e. The molecule has 0 saturated heterocycles. The van der Waals surface area contributed by atoms with Gasteiger partial charge in [-0.25, -0.2) is 0 Å². The predicted octanol–water partition coefficient (Wildman–Crippen LogP) is 5.26. The lowest BCUT2D eigenvalue weighted by molar-refractivity contribution is 0.245. The molecule has 0 amide bonds. The van der Waals surface area contributed by atoms with Crippen LogP contribution in [0.2, 0.25) is 0 Å². The van der Waals surface area contributed by atoms with Crippen molar-refractivity contribution in [2.45, 2.75) is 65.2 Å². The van der Waals surface area contributed by atoms with Gasteiger partial charge in [-0.2, -0.15) is 0 Å². The van der Waals surface area contributed by atoms with E-state index in [1.54, 1.807) is 5.57 Å². The lowest BCUT2D eigenvalue weighted by Gasteiger charge is -2.30. The molecule has 0 aromatic rings. The van der Waals surface area contributed by atoms with Gasteiger partial charge in [-0.15, -0.1) is 0 Å². The minimum Gasteiger partial charge on any atom is -0.0769 e. The van der Waals surface area contributed by atoms with Crippen LogP contribution in [0.3, 0.4) is 0 Å². The van der Waals surface area contributed by atoms with Crippen molar-refractivity contribution in [2.75, 3.05) is 0 Å². The summed E-state index contributed by atoms with van der Waals surface area (Å²) in [5, 5.41) is 0. The molecular weight excluding hydrogens is 204 g/mol. The molecule has 0 aromatic heterocycles. The highest BCUT2D eigenvalue weighted by molar-refractivity contribution is 5.48. The second-order valence-electron chi connectivity index (χ2n) is 6.32. The van der Waals surface area contributed by atoms with E-state index in [1.807, 2.05) is 11.1 Å². The molecule has 0 aliphatic heterocycles.